The lowest BCUT2D eigenvalue weighted by molar-refractivity contribution is -0.178. The van der Waals surface area contributed by atoms with Gasteiger partial charge in [-0.15, -0.1) is 0 Å². The van der Waals surface area contributed by atoms with Gasteiger partial charge in [0.05, 0.1) is 18.1 Å². The van der Waals surface area contributed by atoms with Crippen LogP contribution in [-0.4, -0.2) is 24.5 Å². The predicted molar refractivity (Wildman–Crippen MR) is 140 cm³/mol. The number of phenols is 1. The van der Waals surface area contributed by atoms with E-state index in [9.17, 15) is 14.7 Å². The molecule has 6 atom stereocenters. The minimum atomic E-state index is -0.460. The molecule has 4 heteroatoms. The van der Waals surface area contributed by atoms with E-state index in [1.54, 1.807) is 0 Å². The van der Waals surface area contributed by atoms with Crippen LogP contribution in [0, 0.1) is 22.7 Å². The van der Waals surface area contributed by atoms with Gasteiger partial charge in [-0.3, -0.25) is 9.59 Å². The highest BCUT2D eigenvalue weighted by Crippen LogP contribution is 2.74. The largest absolute Gasteiger partial charge is 0.507 e. The number of methoxy groups -OCH3 is 1. The normalized spacial score (nSPS) is 38.4. The molecule has 2 bridgehead atoms. The van der Waals surface area contributed by atoms with Crippen molar-refractivity contribution in [2.24, 2.45) is 22.7 Å². The second-order valence-corrected chi connectivity index (χ2v) is 12.9. The third-order valence-corrected chi connectivity index (χ3v) is 11.4. The molecule has 6 rings (SSSR count). The number of fused-ring (bicyclic) bond motifs is 5. The van der Waals surface area contributed by atoms with Crippen molar-refractivity contribution in [2.45, 2.75) is 83.0 Å². The van der Waals surface area contributed by atoms with Gasteiger partial charge in [0.25, 0.3) is 0 Å². The van der Waals surface area contributed by atoms with Crippen LogP contribution in [0.25, 0.3) is 11.1 Å². The Morgan fingerprint density at radius 1 is 1.03 bits per heavy atom. The summed E-state index contributed by atoms with van der Waals surface area (Å²) in [6, 6.07) is 12.2. The van der Waals surface area contributed by atoms with Crippen LogP contribution < -0.4 is 0 Å². The Morgan fingerprint density at radius 2 is 1.75 bits per heavy atom. The Morgan fingerprint density at radius 3 is 2.44 bits per heavy atom. The molecule has 36 heavy (non-hydrogen) atoms. The smallest absolute Gasteiger partial charge is 0.311 e. The fourth-order valence-electron chi connectivity index (χ4n) is 9.99. The molecule has 2 aromatic rings. The SMILES string of the molecule is COC(=O)[C@]1(C)CCC[C@@]2(C)C3CC[C@@]4(C)C[C@]3(CCC21)c1c4cc(-c2ccccc2)c(C=O)c1O. The van der Waals surface area contributed by atoms with Crippen LogP contribution in [0.3, 0.4) is 0 Å². The summed E-state index contributed by atoms with van der Waals surface area (Å²) in [5.41, 5.74) is 3.86. The maximum Gasteiger partial charge on any atom is 0.311 e. The highest BCUT2D eigenvalue weighted by atomic mass is 16.5. The Balaban J connectivity index is 1.54. The van der Waals surface area contributed by atoms with Gasteiger partial charge in [0.15, 0.2) is 6.29 Å². The van der Waals surface area contributed by atoms with Crippen LogP contribution in [0.1, 0.15) is 93.6 Å². The molecule has 4 aliphatic rings. The monoisotopic (exact) mass is 486 g/mol. The van der Waals surface area contributed by atoms with Crippen molar-refractivity contribution in [3.8, 4) is 16.9 Å². The van der Waals surface area contributed by atoms with E-state index < -0.39 is 5.41 Å². The van der Waals surface area contributed by atoms with Crippen LogP contribution in [0.15, 0.2) is 36.4 Å². The molecule has 1 spiro atoms. The van der Waals surface area contributed by atoms with E-state index in [4.69, 9.17) is 4.74 Å². The van der Waals surface area contributed by atoms with Gasteiger partial charge in [-0.2, -0.15) is 0 Å². The summed E-state index contributed by atoms with van der Waals surface area (Å²) in [5, 5.41) is 11.9. The Kier molecular flexibility index (Phi) is 5.08. The van der Waals surface area contributed by atoms with Crippen LogP contribution in [0.5, 0.6) is 5.75 Å². The Hall–Kier alpha value is -2.62. The number of rotatable bonds is 3. The van der Waals surface area contributed by atoms with Gasteiger partial charge in [0, 0.05) is 11.0 Å². The zero-order chi connectivity index (χ0) is 25.5. The molecule has 1 N–H and O–H groups in total. The van der Waals surface area contributed by atoms with E-state index in [0.717, 1.165) is 74.3 Å². The molecule has 2 unspecified atom stereocenters. The number of carbonyl (C=O) groups excluding carboxylic acids is 2. The minimum Gasteiger partial charge on any atom is -0.507 e. The molecule has 4 aliphatic carbocycles. The number of aldehydes is 1. The second kappa shape index (κ2) is 7.69. The molecule has 3 saturated carbocycles. The average molecular weight is 487 g/mol. The molecule has 0 heterocycles. The maximum absolute atomic E-state index is 13.1. The quantitative estimate of drug-likeness (QED) is 0.376. The molecular formula is C32H38O4. The van der Waals surface area contributed by atoms with Gasteiger partial charge in [0.1, 0.15) is 5.75 Å². The van der Waals surface area contributed by atoms with Gasteiger partial charge >= 0.3 is 5.97 Å². The fourth-order valence-corrected chi connectivity index (χ4v) is 9.99. The summed E-state index contributed by atoms with van der Waals surface area (Å²) in [6.07, 6.45) is 8.92. The zero-order valence-corrected chi connectivity index (χ0v) is 22.0. The average Bonchev–Trinajstić information content (AvgIpc) is 3.05. The molecule has 0 aromatic heterocycles. The number of benzene rings is 2. The van der Waals surface area contributed by atoms with Gasteiger partial charge < -0.3 is 9.84 Å². The summed E-state index contributed by atoms with van der Waals surface area (Å²) in [4.78, 5) is 25.5. The third kappa shape index (κ3) is 2.82. The van der Waals surface area contributed by atoms with Crippen molar-refractivity contribution in [2.75, 3.05) is 7.11 Å². The van der Waals surface area contributed by atoms with E-state index in [2.05, 4.69) is 26.8 Å². The fraction of sp³-hybridized carbons (Fsp3) is 0.562. The number of carbonyl (C=O) groups is 2. The van der Waals surface area contributed by atoms with Crippen molar-refractivity contribution in [1.82, 2.24) is 0 Å². The number of aromatic hydroxyl groups is 1. The first-order chi connectivity index (χ1) is 17.1. The highest BCUT2D eigenvalue weighted by Gasteiger charge is 2.68. The zero-order valence-electron chi connectivity index (χ0n) is 22.0. The Labute approximate surface area is 214 Å². The summed E-state index contributed by atoms with van der Waals surface area (Å²) >= 11 is 0. The van der Waals surface area contributed by atoms with Crippen LogP contribution in [-0.2, 0) is 20.4 Å². The van der Waals surface area contributed by atoms with E-state index in [1.165, 1.54) is 12.7 Å². The molecule has 4 nitrogen and oxygen atoms in total. The summed E-state index contributed by atoms with van der Waals surface area (Å²) in [7, 11) is 1.52. The minimum absolute atomic E-state index is 0.00569. The number of phenolic OH excluding ortho intramolecular Hbond substituents is 1. The molecule has 3 fully saturated rings. The second-order valence-electron chi connectivity index (χ2n) is 12.9. The van der Waals surface area contributed by atoms with E-state index in [-0.39, 0.29) is 33.9 Å². The van der Waals surface area contributed by atoms with E-state index in [0.29, 0.717) is 11.5 Å². The van der Waals surface area contributed by atoms with Gasteiger partial charge in [-0.05, 0) is 97.3 Å². The molecule has 190 valence electrons. The van der Waals surface area contributed by atoms with Gasteiger partial charge in [-0.1, -0.05) is 50.6 Å². The number of ether oxygens (including phenoxy) is 1. The van der Waals surface area contributed by atoms with Crippen LogP contribution in [0.4, 0.5) is 0 Å². The number of hydrogen-bond acceptors (Lipinski definition) is 4. The predicted octanol–water partition coefficient (Wildman–Crippen LogP) is 6.96. The molecule has 0 saturated heterocycles. The number of hydrogen-bond donors (Lipinski definition) is 1. The lowest BCUT2D eigenvalue weighted by Gasteiger charge is -2.64. The Bertz CT molecular complexity index is 1250. The standard InChI is InChI=1S/C32H38O4/c1-29-15-11-25-30(2)13-8-14-31(3,28(35)36-4)24(30)12-16-32(25,19-29)26-23(29)17-21(22(18-33)27(26)34)20-9-6-5-7-10-20/h5-7,9-10,17-18,24-25,34H,8,11-16,19H2,1-4H3/t24?,25?,29-,30+,31+,32-/m0/s1. The first-order valence-corrected chi connectivity index (χ1v) is 13.6. The third-order valence-electron chi connectivity index (χ3n) is 11.4. The van der Waals surface area contributed by atoms with Crippen LogP contribution >= 0.6 is 0 Å². The van der Waals surface area contributed by atoms with Crippen molar-refractivity contribution >= 4 is 12.3 Å². The number of esters is 1. The van der Waals surface area contributed by atoms with Crippen molar-refractivity contribution in [3.63, 3.8) is 0 Å². The lowest BCUT2D eigenvalue weighted by Crippen LogP contribution is -2.60. The van der Waals surface area contributed by atoms with E-state index >= 15 is 0 Å². The first kappa shape index (κ1) is 23.8. The molecule has 2 aromatic carbocycles. The van der Waals surface area contributed by atoms with Crippen molar-refractivity contribution in [3.05, 3.63) is 53.1 Å². The topological polar surface area (TPSA) is 63.6 Å². The van der Waals surface area contributed by atoms with Gasteiger partial charge in [0.2, 0.25) is 0 Å². The molecular weight excluding hydrogens is 448 g/mol. The highest BCUT2D eigenvalue weighted by molar-refractivity contribution is 5.93. The first-order valence-electron chi connectivity index (χ1n) is 13.6. The molecule has 0 aliphatic heterocycles. The summed E-state index contributed by atoms with van der Waals surface area (Å²) < 4.78 is 5.34. The summed E-state index contributed by atoms with van der Waals surface area (Å²) in [6.45, 7) is 6.91. The van der Waals surface area contributed by atoms with Crippen molar-refractivity contribution in [1.29, 1.82) is 0 Å². The lowest BCUT2D eigenvalue weighted by atomic mass is 9.40. The van der Waals surface area contributed by atoms with Gasteiger partial charge in [-0.25, -0.2) is 0 Å². The maximum atomic E-state index is 13.1. The van der Waals surface area contributed by atoms with Crippen LogP contribution in [0.2, 0.25) is 0 Å². The molecule has 0 amide bonds. The van der Waals surface area contributed by atoms with E-state index in [1.807, 2.05) is 30.3 Å². The summed E-state index contributed by atoms with van der Waals surface area (Å²) in [5.74, 6) is 0.771. The van der Waals surface area contributed by atoms with Crippen molar-refractivity contribution < 1.29 is 19.4 Å². The molecule has 0 radical (unpaired) electrons.